The average molecular weight is 167 g/mol. The summed E-state index contributed by atoms with van der Waals surface area (Å²) in [6.07, 6.45) is 3.19. The summed E-state index contributed by atoms with van der Waals surface area (Å²) < 4.78 is 4.96. The van der Waals surface area contributed by atoms with E-state index in [1.54, 1.807) is 12.1 Å². The molecule has 0 unspecified atom stereocenters. The predicted octanol–water partition coefficient (Wildman–Crippen LogP) is 0.749. The molecule has 4 heteroatoms. The van der Waals surface area contributed by atoms with Crippen molar-refractivity contribution in [2.24, 2.45) is 5.73 Å². The maximum atomic E-state index is 10.3. The quantitative estimate of drug-likeness (QED) is 0.515. The lowest BCUT2D eigenvalue weighted by Crippen LogP contribution is -2.13. The maximum absolute atomic E-state index is 10.3. The van der Waals surface area contributed by atoms with Crippen LogP contribution >= 0.6 is 0 Å². The Morgan fingerprint density at radius 2 is 2.50 bits per heavy atom. The normalized spacial score (nSPS) is 11.5. The Morgan fingerprint density at radius 3 is 3.00 bits per heavy atom. The smallest absolute Gasteiger partial charge is 0.283 e. The summed E-state index contributed by atoms with van der Waals surface area (Å²) >= 11 is 0. The fourth-order valence-corrected chi connectivity index (χ4v) is 0.727. The first kappa shape index (κ1) is 8.39. The van der Waals surface area contributed by atoms with Gasteiger partial charge in [-0.25, -0.2) is 0 Å². The first-order valence-corrected chi connectivity index (χ1v) is 3.41. The van der Waals surface area contributed by atoms with Gasteiger partial charge in [0.2, 0.25) is 0 Å². The predicted molar refractivity (Wildman–Crippen MR) is 42.3 cm³/mol. The van der Waals surface area contributed by atoms with E-state index in [2.05, 4.69) is 0 Å². The molecule has 0 fully saturated rings. The highest BCUT2D eigenvalue weighted by molar-refractivity contribution is 5.89. The van der Waals surface area contributed by atoms with E-state index < -0.39 is 11.7 Å². The van der Waals surface area contributed by atoms with Crippen LogP contribution in [0, 0.1) is 0 Å². The van der Waals surface area contributed by atoms with Crippen LogP contribution in [0.1, 0.15) is 5.76 Å². The number of aliphatic hydroxyl groups excluding tert-OH is 1. The Kier molecular flexibility index (Phi) is 2.53. The summed E-state index contributed by atoms with van der Waals surface area (Å²) in [6, 6.07) is 3.47. The van der Waals surface area contributed by atoms with Gasteiger partial charge in [0.1, 0.15) is 5.76 Å². The third-order valence-electron chi connectivity index (χ3n) is 1.33. The van der Waals surface area contributed by atoms with E-state index in [9.17, 15) is 4.79 Å². The minimum Gasteiger partial charge on any atom is -0.503 e. The van der Waals surface area contributed by atoms with Crippen molar-refractivity contribution in [2.75, 3.05) is 0 Å². The van der Waals surface area contributed by atoms with Gasteiger partial charge in [0.05, 0.1) is 6.26 Å². The SMILES string of the molecule is NC(=O)/C(O)=C/Cc1ccco1. The standard InChI is InChI=1S/C8H9NO3/c9-8(11)7(10)4-3-6-2-1-5-12-6/h1-2,4-5,10H,3H2,(H2,9,11)/b7-4-. The van der Waals surface area contributed by atoms with Crippen molar-refractivity contribution in [1.82, 2.24) is 0 Å². The van der Waals surface area contributed by atoms with E-state index in [1.807, 2.05) is 0 Å². The van der Waals surface area contributed by atoms with Gasteiger partial charge in [0.15, 0.2) is 5.76 Å². The van der Waals surface area contributed by atoms with Crippen LogP contribution < -0.4 is 5.73 Å². The maximum Gasteiger partial charge on any atom is 0.283 e. The Labute approximate surface area is 69.3 Å². The van der Waals surface area contributed by atoms with Crippen molar-refractivity contribution in [2.45, 2.75) is 6.42 Å². The molecule has 0 aromatic carbocycles. The highest BCUT2D eigenvalue weighted by atomic mass is 16.3. The number of allylic oxidation sites excluding steroid dienone is 1. The molecule has 0 aliphatic carbocycles. The summed E-state index contributed by atoms with van der Waals surface area (Å²) in [5.74, 6) is -0.601. The Balaban J connectivity index is 2.55. The number of furan rings is 1. The highest BCUT2D eigenvalue weighted by Crippen LogP contribution is 2.02. The number of amides is 1. The van der Waals surface area contributed by atoms with Crippen LogP contribution in [0.4, 0.5) is 0 Å². The molecule has 0 atom stereocenters. The molecular formula is C8H9NO3. The molecule has 1 heterocycles. The lowest BCUT2D eigenvalue weighted by molar-refractivity contribution is -0.116. The van der Waals surface area contributed by atoms with E-state index in [1.165, 1.54) is 12.3 Å². The molecule has 1 aromatic heterocycles. The second kappa shape index (κ2) is 3.61. The van der Waals surface area contributed by atoms with Crippen molar-refractivity contribution in [3.8, 4) is 0 Å². The largest absolute Gasteiger partial charge is 0.503 e. The number of carbonyl (C=O) groups is 1. The number of hydrogen-bond acceptors (Lipinski definition) is 3. The molecule has 0 saturated carbocycles. The number of aliphatic hydroxyl groups is 1. The molecule has 0 bridgehead atoms. The molecule has 0 saturated heterocycles. The second-order valence-corrected chi connectivity index (χ2v) is 2.24. The summed E-state index contributed by atoms with van der Waals surface area (Å²) in [5.41, 5.74) is 4.79. The summed E-state index contributed by atoms with van der Waals surface area (Å²) in [6.45, 7) is 0. The van der Waals surface area contributed by atoms with Crippen LogP contribution in [0.2, 0.25) is 0 Å². The molecule has 3 N–H and O–H groups in total. The fraction of sp³-hybridized carbons (Fsp3) is 0.125. The number of carbonyl (C=O) groups excluding carboxylic acids is 1. The molecule has 1 aromatic rings. The number of nitrogens with two attached hydrogens (primary N) is 1. The zero-order valence-electron chi connectivity index (χ0n) is 6.36. The van der Waals surface area contributed by atoms with Gasteiger partial charge in [-0.05, 0) is 18.2 Å². The van der Waals surface area contributed by atoms with Crippen LogP contribution in [0.15, 0.2) is 34.6 Å². The number of rotatable bonds is 3. The summed E-state index contributed by atoms with van der Waals surface area (Å²) in [5, 5.41) is 8.87. The van der Waals surface area contributed by atoms with Crippen molar-refractivity contribution in [3.63, 3.8) is 0 Å². The third kappa shape index (κ3) is 2.16. The zero-order chi connectivity index (χ0) is 8.97. The fourth-order valence-electron chi connectivity index (χ4n) is 0.727. The van der Waals surface area contributed by atoms with Crippen LogP contribution in [-0.4, -0.2) is 11.0 Å². The summed E-state index contributed by atoms with van der Waals surface area (Å²) in [7, 11) is 0. The monoisotopic (exact) mass is 167 g/mol. The first-order chi connectivity index (χ1) is 5.70. The van der Waals surface area contributed by atoms with Crippen molar-refractivity contribution < 1.29 is 14.3 Å². The molecule has 0 aliphatic rings. The van der Waals surface area contributed by atoms with Crippen LogP contribution in [0.5, 0.6) is 0 Å². The van der Waals surface area contributed by atoms with Gasteiger partial charge < -0.3 is 15.3 Å². The topological polar surface area (TPSA) is 76.5 Å². The molecule has 0 aliphatic heterocycles. The third-order valence-corrected chi connectivity index (χ3v) is 1.33. The zero-order valence-corrected chi connectivity index (χ0v) is 6.36. The van der Waals surface area contributed by atoms with Crippen LogP contribution in [0.3, 0.4) is 0 Å². The van der Waals surface area contributed by atoms with Gasteiger partial charge in [-0.1, -0.05) is 0 Å². The van der Waals surface area contributed by atoms with E-state index in [4.69, 9.17) is 15.3 Å². The van der Waals surface area contributed by atoms with Crippen molar-refractivity contribution in [1.29, 1.82) is 0 Å². The van der Waals surface area contributed by atoms with Gasteiger partial charge in [-0.2, -0.15) is 0 Å². The molecule has 1 rings (SSSR count). The van der Waals surface area contributed by atoms with Crippen molar-refractivity contribution >= 4 is 5.91 Å². The Bertz CT molecular complexity index is 287. The van der Waals surface area contributed by atoms with Crippen LogP contribution in [0.25, 0.3) is 0 Å². The number of hydrogen-bond donors (Lipinski definition) is 2. The molecule has 4 nitrogen and oxygen atoms in total. The van der Waals surface area contributed by atoms with Gasteiger partial charge in [-0.15, -0.1) is 0 Å². The molecule has 64 valence electrons. The molecule has 12 heavy (non-hydrogen) atoms. The van der Waals surface area contributed by atoms with Crippen LogP contribution in [-0.2, 0) is 11.2 Å². The van der Waals surface area contributed by atoms with Crippen molar-refractivity contribution in [3.05, 3.63) is 36.0 Å². The van der Waals surface area contributed by atoms with E-state index in [-0.39, 0.29) is 0 Å². The first-order valence-electron chi connectivity index (χ1n) is 3.41. The minimum absolute atomic E-state index is 0.363. The number of primary amides is 1. The highest BCUT2D eigenvalue weighted by Gasteiger charge is 2.00. The Morgan fingerprint density at radius 1 is 1.75 bits per heavy atom. The van der Waals surface area contributed by atoms with Gasteiger partial charge in [-0.3, -0.25) is 4.79 Å². The molecule has 0 spiro atoms. The Hall–Kier alpha value is -1.71. The van der Waals surface area contributed by atoms with Gasteiger partial charge >= 0.3 is 0 Å². The van der Waals surface area contributed by atoms with E-state index in [0.717, 1.165) is 0 Å². The molecule has 0 radical (unpaired) electrons. The van der Waals surface area contributed by atoms with E-state index in [0.29, 0.717) is 12.2 Å². The molecule has 1 amide bonds. The summed E-state index contributed by atoms with van der Waals surface area (Å²) in [4.78, 5) is 10.3. The lowest BCUT2D eigenvalue weighted by atomic mass is 10.3. The second-order valence-electron chi connectivity index (χ2n) is 2.24. The average Bonchev–Trinajstić information content (AvgIpc) is 2.51. The van der Waals surface area contributed by atoms with Gasteiger partial charge in [0.25, 0.3) is 5.91 Å². The lowest BCUT2D eigenvalue weighted by Gasteiger charge is -1.91. The van der Waals surface area contributed by atoms with Gasteiger partial charge in [0, 0.05) is 6.42 Å². The molecular weight excluding hydrogens is 158 g/mol. The minimum atomic E-state index is -0.832. The van der Waals surface area contributed by atoms with E-state index >= 15 is 0 Å².